The summed E-state index contributed by atoms with van der Waals surface area (Å²) >= 11 is 0. The van der Waals surface area contributed by atoms with Gasteiger partial charge >= 0.3 is 0 Å². The lowest BCUT2D eigenvalue weighted by Gasteiger charge is -2.29. The monoisotopic (exact) mass is 488 g/mol. The molecule has 3 atom stereocenters. The summed E-state index contributed by atoms with van der Waals surface area (Å²) in [6.45, 7) is 0.375. The van der Waals surface area contributed by atoms with Gasteiger partial charge in [-0.25, -0.2) is 0 Å². The van der Waals surface area contributed by atoms with Gasteiger partial charge in [0.1, 0.15) is 6.04 Å². The maximum atomic E-state index is 13.5. The molecule has 2 heterocycles. The number of carbonyl (C=O) groups excluding carboxylic acids is 3. The lowest BCUT2D eigenvalue weighted by Crippen LogP contribution is -2.51. The summed E-state index contributed by atoms with van der Waals surface area (Å²) in [5.41, 5.74) is 7.89. The predicted octanol–water partition coefficient (Wildman–Crippen LogP) is 1.44. The molecule has 1 aliphatic rings. The third-order valence-corrected chi connectivity index (χ3v) is 6.50. The number of nitrogens with one attached hydrogen (secondary N) is 3. The number of fused-ring (bicyclic) bond motifs is 1. The number of nitrogens with two attached hydrogens (primary N) is 1. The molecule has 5 N–H and O–H groups in total. The van der Waals surface area contributed by atoms with Gasteiger partial charge in [-0.3, -0.25) is 19.4 Å². The number of pyridine rings is 1. The van der Waals surface area contributed by atoms with Crippen molar-refractivity contribution in [1.29, 1.82) is 0 Å². The minimum atomic E-state index is -0.691. The Kier molecular flexibility index (Phi) is 8.24. The van der Waals surface area contributed by atoms with Gasteiger partial charge in [0.15, 0.2) is 0 Å². The number of anilines is 1. The molecule has 188 valence electrons. The Morgan fingerprint density at radius 3 is 2.67 bits per heavy atom. The number of rotatable bonds is 9. The van der Waals surface area contributed by atoms with Crippen molar-refractivity contribution in [1.82, 2.24) is 20.5 Å². The molecule has 1 aliphatic heterocycles. The Morgan fingerprint density at radius 1 is 1.14 bits per heavy atom. The summed E-state index contributed by atoms with van der Waals surface area (Å²) in [4.78, 5) is 44.4. The van der Waals surface area contributed by atoms with Gasteiger partial charge < -0.3 is 26.6 Å². The number of amides is 3. The van der Waals surface area contributed by atoms with Crippen LogP contribution in [-0.4, -0.2) is 65.9 Å². The van der Waals surface area contributed by atoms with Crippen LogP contribution in [0, 0.1) is 0 Å². The summed E-state index contributed by atoms with van der Waals surface area (Å²) in [5.74, 6) is -0.721. The van der Waals surface area contributed by atoms with Crippen LogP contribution in [0.25, 0.3) is 10.9 Å². The molecule has 3 aromatic rings. The fraction of sp³-hybridized carbons (Fsp3) is 0.333. The third-order valence-electron chi connectivity index (χ3n) is 6.50. The summed E-state index contributed by atoms with van der Waals surface area (Å²) in [6, 6.07) is 18.1. The van der Waals surface area contributed by atoms with E-state index in [9.17, 15) is 14.4 Å². The van der Waals surface area contributed by atoms with Gasteiger partial charge in [0, 0.05) is 25.0 Å². The Hall–Kier alpha value is -3.82. The number of nitrogens with zero attached hydrogens (tertiary/aromatic N) is 2. The van der Waals surface area contributed by atoms with Crippen LogP contribution < -0.4 is 21.7 Å². The molecule has 9 nitrogen and oxygen atoms in total. The van der Waals surface area contributed by atoms with Crippen LogP contribution in [0.2, 0.25) is 0 Å². The minimum Gasteiger partial charge on any atom is -0.351 e. The Labute approximate surface area is 210 Å². The van der Waals surface area contributed by atoms with Crippen LogP contribution >= 0.6 is 0 Å². The summed E-state index contributed by atoms with van der Waals surface area (Å²) in [7, 11) is 1.66. The number of para-hydroxylation sites is 1. The first-order valence-corrected chi connectivity index (χ1v) is 12.1. The van der Waals surface area contributed by atoms with Crippen LogP contribution in [0.1, 0.15) is 18.4 Å². The van der Waals surface area contributed by atoms with Crippen LogP contribution in [0.4, 0.5) is 5.69 Å². The highest BCUT2D eigenvalue weighted by molar-refractivity contribution is 5.99. The van der Waals surface area contributed by atoms with E-state index in [-0.39, 0.29) is 30.3 Å². The highest BCUT2D eigenvalue weighted by atomic mass is 16.2. The molecule has 0 bridgehead atoms. The number of aryl methyl sites for hydroxylation is 1. The molecule has 36 heavy (non-hydrogen) atoms. The second-order valence-electron chi connectivity index (χ2n) is 9.06. The van der Waals surface area contributed by atoms with Crippen molar-refractivity contribution in [3.63, 3.8) is 0 Å². The van der Waals surface area contributed by atoms with Gasteiger partial charge in [-0.2, -0.15) is 0 Å². The first-order valence-electron chi connectivity index (χ1n) is 12.1. The molecule has 1 aromatic heterocycles. The van der Waals surface area contributed by atoms with E-state index in [0.717, 1.165) is 16.5 Å². The Morgan fingerprint density at radius 2 is 1.89 bits per heavy atom. The van der Waals surface area contributed by atoms with Crippen LogP contribution in [0.15, 0.2) is 66.9 Å². The highest BCUT2D eigenvalue weighted by Gasteiger charge is 2.36. The van der Waals surface area contributed by atoms with E-state index < -0.39 is 12.1 Å². The number of benzene rings is 2. The molecule has 9 heteroatoms. The maximum absolute atomic E-state index is 13.5. The number of hydrogen-bond acceptors (Lipinski definition) is 6. The SMILES string of the molecule is CN(C(=O)[C@@H]1C[C@@H](NC(=O)CN)CN1)[C@H](CCc1ccccc1)C(=O)Nc1cnc2ccccc2c1. The predicted molar refractivity (Wildman–Crippen MR) is 139 cm³/mol. The Bertz CT molecular complexity index is 1220. The third kappa shape index (κ3) is 6.24. The van der Waals surface area contributed by atoms with Gasteiger partial charge in [0.05, 0.1) is 30.0 Å². The summed E-state index contributed by atoms with van der Waals surface area (Å²) in [6.07, 6.45) is 3.16. The molecule has 0 saturated carbocycles. The number of likely N-dealkylation sites (N-methyl/N-ethyl adjacent to an activating group) is 1. The average molecular weight is 489 g/mol. The summed E-state index contributed by atoms with van der Waals surface area (Å²) < 4.78 is 0. The highest BCUT2D eigenvalue weighted by Crippen LogP contribution is 2.19. The number of aromatic nitrogens is 1. The zero-order valence-electron chi connectivity index (χ0n) is 20.3. The minimum absolute atomic E-state index is 0.0968. The molecule has 0 spiro atoms. The van der Waals surface area contributed by atoms with E-state index in [2.05, 4.69) is 20.9 Å². The second-order valence-corrected chi connectivity index (χ2v) is 9.06. The molecule has 1 saturated heterocycles. The zero-order chi connectivity index (χ0) is 25.5. The normalized spacial score (nSPS) is 17.9. The van der Waals surface area contributed by atoms with E-state index in [4.69, 9.17) is 5.73 Å². The van der Waals surface area contributed by atoms with Gasteiger partial charge in [-0.1, -0.05) is 48.5 Å². The van der Waals surface area contributed by atoms with Crippen LogP contribution in [0.3, 0.4) is 0 Å². The standard InChI is InChI=1S/C27H32N6O3/c1-33(27(36)23-14-21(17-30-23)31-25(34)15-28)24(12-11-18-7-3-2-4-8-18)26(35)32-20-13-19-9-5-6-10-22(19)29-16-20/h2-10,13,16,21,23-24,30H,11-12,14-15,17,28H2,1H3,(H,31,34)(H,32,35)/t21-,23+,24-/m1/s1. The van der Waals surface area contributed by atoms with E-state index in [1.54, 1.807) is 13.2 Å². The smallest absolute Gasteiger partial charge is 0.247 e. The first kappa shape index (κ1) is 25.3. The largest absolute Gasteiger partial charge is 0.351 e. The molecule has 4 rings (SSSR count). The topological polar surface area (TPSA) is 129 Å². The molecule has 0 radical (unpaired) electrons. The summed E-state index contributed by atoms with van der Waals surface area (Å²) in [5, 5.41) is 9.85. The number of hydrogen-bond donors (Lipinski definition) is 4. The molecular formula is C27H32N6O3. The number of carbonyl (C=O) groups is 3. The second kappa shape index (κ2) is 11.7. The average Bonchev–Trinajstić information content (AvgIpc) is 3.37. The molecule has 1 fully saturated rings. The quantitative estimate of drug-likeness (QED) is 0.361. The van der Waals surface area contributed by atoms with E-state index in [1.165, 1.54) is 4.90 Å². The van der Waals surface area contributed by atoms with Crippen molar-refractivity contribution < 1.29 is 14.4 Å². The molecule has 3 amide bonds. The molecule has 2 aromatic carbocycles. The van der Waals surface area contributed by atoms with E-state index in [1.807, 2.05) is 60.7 Å². The van der Waals surface area contributed by atoms with Gasteiger partial charge in [-0.15, -0.1) is 0 Å². The van der Waals surface area contributed by atoms with E-state index in [0.29, 0.717) is 31.5 Å². The van der Waals surface area contributed by atoms with Crippen LogP contribution in [-0.2, 0) is 20.8 Å². The van der Waals surface area contributed by atoms with Crippen molar-refractivity contribution in [3.05, 3.63) is 72.4 Å². The fourth-order valence-corrected chi connectivity index (χ4v) is 4.53. The molecule has 0 aliphatic carbocycles. The van der Waals surface area contributed by atoms with Crippen molar-refractivity contribution in [3.8, 4) is 0 Å². The maximum Gasteiger partial charge on any atom is 0.247 e. The van der Waals surface area contributed by atoms with E-state index >= 15 is 0 Å². The van der Waals surface area contributed by atoms with Gasteiger partial charge in [0.25, 0.3) is 0 Å². The zero-order valence-corrected chi connectivity index (χ0v) is 20.3. The van der Waals surface area contributed by atoms with Crippen molar-refractivity contribution in [2.45, 2.75) is 37.4 Å². The van der Waals surface area contributed by atoms with Crippen molar-refractivity contribution >= 4 is 34.3 Å². The first-order chi connectivity index (χ1) is 17.4. The molecule has 0 unspecified atom stereocenters. The van der Waals surface area contributed by atoms with Crippen molar-refractivity contribution in [2.75, 3.05) is 25.5 Å². The van der Waals surface area contributed by atoms with Gasteiger partial charge in [0.2, 0.25) is 17.7 Å². The fourth-order valence-electron chi connectivity index (χ4n) is 4.53. The lowest BCUT2D eigenvalue weighted by atomic mass is 10.0. The van der Waals surface area contributed by atoms with Crippen LogP contribution in [0.5, 0.6) is 0 Å². The lowest BCUT2D eigenvalue weighted by molar-refractivity contribution is -0.138. The molecular weight excluding hydrogens is 456 g/mol. The van der Waals surface area contributed by atoms with Gasteiger partial charge in [-0.05, 0) is 37.0 Å². The van der Waals surface area contributed by atoms with Crippen molar-refractivity contribution in [2.24, 2.45) is 5.73 Å². The Balaban J connectivity index is 1.48.